The van der Waals surface area contributed by atoms with Gasteiger partial charge in [0, 0.05) is 17.8 Å². The number of hydrogen-bond acceptors (Lipinski definition) is 4. The Hall–Kier alpha value is -4.14. The van der Waals surface area contributed by atoms with E-state index in [1.807, 2.05) is 18.2 Å². The molecule has 188 valence electrons. The summed E-state index contributed by atoms with van der Waals surface area (Å²) in [5, 5.41) is 22.4. The molecule has 1 aromatic carbocycles. The van der Waals surface area contributed by atoms with Gasteiger partial charge in [0.2, 0.25) is 0 Å². The van der Waals surface area contributed by atoms with Gasteiger partial charge >= 0.3 is 5.97 Å². The molecule has 4 rings (SSSR count). The van der Waals surface area contributed by atoms with Crippen molar-refractivity contribution in [3.8, 4) is 0 Å². The van der Waals surface area contributed by atoms with Crippen LogP contribution in [0.1, 0.15) is 59.6 Å². The maximum Gasteiger partial charge on any atom is 0.305 e. The normalized spacial score (nSPS) is 18.3. The van der Waals surface area contributed by atoms with Gasteiger partial charge in [0.05, 0.1) is 12.5 Å². The first kappa shape index (κ1) is 25.0. The molecular formula is C27H31N5O4. The monoisotopic (exact) mass is 489 g/mol. The third-order valence-electron chi connectivity index (χ3n) is 6.78. The van der Waals surface area contributed by atoms with Crippen LogP contribution < -0.4 is 21.9 Å². The van der Waals surface area contributed by atoms with Gasteiger partial charge in [-0.05, 0) is 73.4 Å². The van der Waals surface area contributed by atoms with Crippen LogP contribution in [-0.4, -0.2) is 33.4 Å². The number of nitrogens with two attached hydrogens (primary N) is 1. The Kier molecular flexibility index (Phi) is 7.68. The van der Waals surface area contributed by atoms with Crippen LogP contribution in [0.2, 0.25) is 0 Å². The highest BCUT2D eigenvalue weighted by atomic mass is 16.4. The summed E-state index contributed by atoms with van der Waals surface area (Å²) in [6, 6.07) is 15.5. The Balaban J connectivity index is 1.47. The number of rotatable bonds is 8. The maximum atomic E-state index is 13.1. The third-order valence-corrected chi connectivity index (χ3v) is 6.78. The van der Waals surface area contributed by atoms with Gasteiger partial charge < -0.3 is 21.5 Å². The topological polar surface area (TPSA) is 150 Å². The molecule has 1 atom stereocenters. The van der Waals surface area contributed by atoms with Crippen molar-refractivity contribution >= 4 is 23.4 Å². The highest BCUT2D eigenvalue weighted by Crippen LogP contribution is 2.27. The van der Waals surface area contributed by atoms with Crippen molar-refractivity contribution in [3.63, 3.8) is 0 Å². The minimum Gasteiger partial charge on any atom is -0.481 e. The number of guanidine groups is 1. The Morgan fingerprint density at radius 1 is 1.08 bits per heavy atom. The molecule has 3 aromatic rings. The summed E-state index contributed by atoms with van der Waals surface area (Å²) in [6.07, 6.45) is 6.33. The van der Waals surface area contributed by atoms with Crippen molar-refractivity contribution in [2.75, 3.05) is 0 Å². The van der Waals surface area contributed by atoms with Gasteiger partial charge in [-0.25, -0.2) is 0 Å². The molecule has 36 heavy (non-hydrogen) atoms. The number of aromatic nitrogens is 1. The molecule has 1 aliphatic carbocycles. The number of fused-ring (bicyclic) bond motifs is 1. The van der Waals surface area contributed by atoms with Crippen molar-refractivity contribution in [3.05, 3.63) is 87.8 Å². The SMILES string of the molecule is N=C(N)N[C@H]1CC[C@H](Cc2ccn3c(=O)c(C(=O)NC(CC(=O)O)c4ccccc4)ccc3c2)CC1. The number of nitrogens with one attached hydrogen (secondary N) is 3. The molecule has 1 aliphatic rings. The van der Waals surface area contributed by atoms with E-state index in [2.05, 4.69) is 10.6 Å². The molecule has 9 heteroatoms. The van der Waals surface area contributed by atoms with Crippen LogP contribution in [0.3, 0.4) is 0 Å². The zero-order chi connectivity index (χ0) is 25.7. The lowest BCUT2D eigenvalue weighted by molar-refractivity contribution is -0.137. The summed E-state index contributed by atoms with van der Waals surface area (Å²) in [6.45, 7) is 0. The Bertz CT molecular complexity index is 1310. The van der Waals surface area contributed by atoms with E-state index < -0.39 is 23.5 Å². The number of amides is 1. The third kappa shape index (κ3) is 6.10. The molecule has 2 aromatic heterocycles. The number of hydrogen-bond donors (Lipinski definition) is 5. The van der Waals surface area contributed by atoms with Gasteiger partial charge in [-0.2, -0.15) is 0 Å². The highest BCUT2D eigenvalue weighted by molar-refractivity contribution is 5.94. The van der Waals surface area contributed by atoms with Gasteiger partial charge in [-0.3, -0.25) is 24.2 Å². The summed E-state index contributed by atoms with van der Waals surface area (Å²) >= 11 is 0. The maximum absolute atomic E-state index is 13.1. The summed E-state index contributed by atoms with van der Waals surface area (Å²) in [7, 11) is 0. The zero-order valence-electron chi connectivity index (χ0n) is 19.9. The van der Waals surface area contributed by atoms with Crippen LogP contribution in [0.25, 0.3) is 5.52 Å². The zero-order valence-corrected chi connectivity index (χ0v) is 19.9. The largest absolute Gasteiger partial charge is 0.481 e. The number of carbonyl (C=O) groups excluding carboxylic acids is 1. The minimum atomic E-state index is -1.05. The minimum absolute atomic E-state index is 0.0175. The van der Waals surface area contributed by atoms with Crippen LogP contribution >= 0.6 is 0 Å². The van der Waals surface area contributed by atoms with E-state index in [4.69, 9.17) is 11.1 Å². The second kappa shape index (κ2) is 11.1. The summed E-state index contributed by atoms with van der Waals surface area (Å²) < 4.78 is 1.45. The molecule has 2 heterocycles. The highest BCUT2D eigenvalue weighted by Gasteiger charge is 2.23. The molecule has 0 bridgehead atoms. The predicted octanol–water partition coefficient (Wildman–Crippen LogP) is 2.83. The molecule has 0 aliphatic heterocycles. The van der Waals surface area contributed by atoms with Crippen molar-refractivity contribution < 1.29 is 14.7 Å². The first-order valence-electron chi connectivity index (χ1n) is 12.1. The fraction of sp³-hybridized carbons (Fsp3) is 0.333. The first-order valence-corrected chi connectivity index (χ1v) is 12.1. The number of benzene rings is 1. The van der Waals surface area contributed by atoms with Crippen LogP contribution in [0.5, 0.6) is 0 Å². The van der Waals surface area contributed by atoms with E-state index in [1.165, 1.54) is 10.5 Å². The molecule has 1 fully saturated rings. The molecule has 0 spiro atoms. The van der Waals surface area contributed by atoms with Gasteiger partial charge in [-0.15, -0.1) is 0 Å². The van der Waals surface area contributed by atoms with E-state index in [1.54, 1.807) is 36.5 Å². The average molecular weight is 490 g/mol. The molecule has 1 amide bonds. The van der Waals surface area contributed by atoms with Gasteiger partial charge in [0.15, 0.2) is 5.96 Å². The summed E-state index contributed by atoms with van der Waals surface area (Å²) in [4.78, 5) is 37.4. The molecule has 0 saturated heterocycles. The second-order valence-electron chi connectivity index (χ2n) is 9.40. The molecule has 0 radical (unpaired) electrons. The fourth-order valence-electron chi connectivity index (χ4n) is 4.96. The number of carboxylic acid groups (broad SMARTS) is 1. The fourth-order valence-corrected chi connectivity index (χ4v) is 4.96. The Morgan fingerprint density at radius 3 is 2.47 bits per heavy atom. The second-order valence-corrected chi connectivity index (χ2v) is 9.40. The predicted molar refractivity (Wildman–Crippen MR) is 137 cm³/mol. The first-order chi connectivity index (χ1) is 17.3. The number of pyridine rings is 2. The molecule has 6 N–H and O–H groups in total. The molecular weight excluding hydrogens is 458 g/mol. The lowest BCUT2D eigenvalue weighted by Gasteiger charge is -2.29. The van der Waals surface area contributed by atoms with Gasteiger partial charge in [-0.1, -0.05) is 30.3 Å². The van der Waals surface area contributed by atoms with Crippen LogP contribution in [0.4, 0.5) is 0 Å². The lowest BCUT2D eigenvalue weighted by atomic mass is 9.82. The van der Waals surface area contributed by atoms with E-state index in [0.717, 1.165) is 37.7 Å². The number of carboxylic acids is 1. The van der Waals surface area contributed by atoms with Gasteiger partial charge in [0.1, 0.15) is 5.56 Å². The Morgan fingerprint density at radius 2 is 1.81 bits per heavy atom. The number of carbonyl (C=O) groups is 2. The van der Waals surface area contributed by atoms with E-state index in [9.17, 15) is 19.5 Å². The lowest BCUT2D eigenvalue weighted by Crippen LogP contribution is -2.41. The van der Waals surface area contributed by atoms with Crippen LogP contribution in [0.15, 0.2) is 65.6 Å². The van der Waals surface area contributed by atoms with Crippen LogP contribution in [0, 0.1) is 11.3 Å². The average Bonchev–Trinajstić information content (AvgIpc) is 2.85. The number of aliphatic carboxylic acids is 1. The quantitative estimate of drug-likeness (QED) is 0.243. The van der Waals surface area contributed by atoms with Crippen molar-refractivity contribution in [1.29, 1.82) is 5.41 Å². The Labute approximate surface area is 208 Å². The molecule has 9 nitrogen and oxygen atoms in total. The van der Waals surface area contributed by atoms with E-state index >= 15 is 0 Å². The van der Waals surface area contributed by atoms with Crippen molar-refractivity contribution in [2.24, 2.45) is 11.7 Å². The van der Waals surface area contributed by atoms with Crippen molar-refractivity contribution in [2.45, 2.75) is 50.6 Å². The molecule has 1 saturated carbocycles. The van der Waals surface area contributed by atoms with Crippen LogP contribution in [-0.2, 0) is 11.2 Å². The van der Waals surface area contributed by atoms with Crippen molar-refractivity contribution in [1.82, 2.24) is 15.0 Å². The van der Waals surface area contributed by atoms with E-state index in [0.29, 0.717) is 17.0 Å². The summed E-state index contributed by atoms with van der Waals surface area (Å²) in [5.41, 5.74) is 7.43. The van der Waals surface area contributed by atoms with E-state index in [-0.39, 0.29) is 24.0 Å². The molecule has 1 unspecified atom stereocenters. The smallest absolute Gasteiger partial charge is 0.305 e. The standard InChI is InChI=1S/C27H31N5O4/c28-27(29)30-20-8-6-17(7-9-20)14-18-12-13-32-21(15-18)10-11-22(26(32)36)25(35)31-23(16-24(33)34)19-4-2-1-3-5-19/h1-5,10-13,15,17,20,23H,6-9,14,16H2,(H,31,35)(H,33,34)(H4,28,29,30)/t17-,20-,23?. The summed E-state index contributed by atoms with van der Waals surface area (Å²) in [5.74, 6) is -1.11. The van der Waals surface area contributed by atoms with Gasteiger partial charge in [0.25, 0.3) is 11.5 Å². The number of nitrogens with zero attached hydrogens (tertiary/aromatic N) is 1.